The molecule has 40 heavy (non-hydrogen) atoms. The minimum absolute atomic E-state index is 0.209. The Hall–Kier alpha value is -1.37. The molecule has 1 aromatic carbocycles. The van der Waals surface area contributed by atoms with Crippen molar-refractivity contribution in [3.05, 3.63) is 53.2 Å². The van der Waals surface area contributed by atoms with E-state index in [2.05, 4.69) is 43.5 Å². The number of thiazole rings is 1. The minimum atomic E-state index is -0.970. The van der Waals surface area contributed by atoms with Crippen LogP contribution in [0, 0.1) is 0 Å². The van der Waals surface area contributed by atoms with Crippen LogP contribution in [0.1, 0.15) is 37.4 Å². The van der Waals surface area contributed by atoms with Crippen LogP contribution in [0.15, 0.2) is 41.9 Å². The maximum absolute atomic E-state index is 13.4. The van der Waals surface area contributed by atoms with E-state index < -0.39 is 53.3 Å². The van der Waals surface area contributed by atoms with Gasteiger partial charge in [0, 0.05) is 29.2 Å². The number of benzene rings is 1. The van der Waals surface area contributed by atoms with E-state index in [4.69, 9.17) is 14.5 Å². The minimum Gasteiger partial charge on any atom is -0.493 e. The van der Waals surface area contributed by atoms with E-state index in [-0.39, 0.29) is -0.565 Å². The average Bonchev–Trinajstić information content (AvgIpc) is 3.44. The van der Waals surface area contributed by atoms with E-state index in [0.29, 0.717) is 23.1 Å². The van der Waals surface area contributed by atoms with Gasteiger partial charge in [0.05, 0.1) is 30.8 Å². The van der Waals surface area contributed by atoms with Gasteiger partial charge in [-0.25, -0.2) is 14.7 Å². The van der Waals surface area contributed by atoms with Crippen molar-refractivity contribution in [2.75, 3.05) is 32.7 Å². The number of nitrogens with zero attached hydrogens (tertiary/aromatic N) is 4. The molecule has 0 N–H and O–H groups in total. The molecule has 0 fully saturated rings. The maximum atomic E-state index is 13.4. The van der Waals surface area contributed by atoms with Crippen molar-refractivity contribution in [3.8, 4) is 17.0 Å². The standard InChI is InChI=1S/C28H33I3N4O4S/c1-7-8-9-14-39-24-13-12-21(15-22(24)28(29,30-2)31-3)35(25(36)26(37)38-6)27-33-23(18-40-27)19-10-11-20(32-16-19)17-34(4)5/h10-13,15-16,18H,2-3,7-9,14,17H2,1,4-6H3. The van der Waals surface area contributed by atoms with Gasteiger partial charge in [0.1, 0.15) is 5.18 Å². The van der Waals surface area contributed by atoms with Crippen LogP contribution >= 0.6 is 75.4 Å². The number of halogens is 3. The fourth-order valence-corrected chi connectivity index (χ4v) is 8.21. The first-order valence-corrected chi connectivity index (χ1v) is 19.6. The molecule has 216 valence electrons. The zero-order chi connectivity index (χ0) is 29.3. The summed E-state index contributed by atoms with van der Waals surface area (Å²) in [7, 11) is 5.18. The molecular formula is C28H33I3N4O4S. The second kappa shape index (κ2) is 15.7. The second-order valence-corrected chi connectivity index (χ2v) is 22.3. The number of rotatable bonds is 13. The van der Waals surface area contributed by atoms with Gasteiger partial charge in [-0.1, -0.05) is 92.8 Å². The number of hydrogen-bond donors (Lipinski definition) is 0. The van der Waals surface area contributed by atoms with Gasteiger partial charge >= 0.3 is 11.9 Å². The molecule has 0 bridgehead atoms. The van der Waals surface area contributed by atoms with Gasteiger partial charge in [-0.05, 0) is 50.8 Å². The number of anilines is 2. The normalized spacial score (nSPS) is 11.4. The van der Waals surface area contributed by atoms with Crippen LogP contribution in [-0.2, 0) is 20.3 Å². The Kier molecular flexibility index (Phi) is 13.0. The lowest BCUT2D eigenvalue weighted by atomic mass is 10.2. The van der Waals surface area contributed by atoms with Gasteiger partial charge in [0.2, 0.25) is 0 Å². The molecule has 3 rings (SSSR count). The highest BCUT2D eigenvalue weighted by molar-refractivity contribution is 14.3. The molecule has 8 nitrogen and oxygen atoms in total. The molecule has 0 aliphatic rings. The number of esters is 1. The van der Waals surface area contributed by atoms with Crippen LogP contribution in [0.2, 0.25) is 0 Å². The molecule has 0 radical (unpaired) electrons. The van der Waals surface area contributed by atoms with Crippen molar-refractivity contribution in [2.24, 2.45) is 0 Å². The molecule has 0 spiro atoms. The van der Waals surface area contributed by atoms with Crippen LogP contribution in [-0.4, -0.2) is 63.6 Å². The van der Waals surface area contributed by atoms with Gasteiger partial charge in [-0.3, -0.25) is 9.78 Å². The maximum Gasteiger partial charge on any atom is 0.397 e. The average molecular weight is 902 g/mol. The number of methoxy groups -OCH3 is 1. The Morgan fingerprint density at radius 3 is 2.50 bits per heavy atom. The van der Waals surface area contributed by atoms with Crippen LogP contribution in [0.5, 0.6) is 5.75 Å². The smallest absolute Gasteiger partial charge is 0.397 e. The van der Waals surface area contributed by atoms with E-state index in [0.717, 1.165) is 48.4 Å². The first-order chi connectivity index (χ1) is 19.2. The lowest BCUT2D eigenvalue weighted by Gasteiger charge is -2.25. The number of aromatic nitrogens is 2. The third kappa shape index (κ3) is 8.35. The van der Waals surface area contributed by atoms with Gasteiger partial charge in [0.15, 0.2) is 5.13 Å². The summed E-state index contributed by atoms with van der Waals surface area (Å²) in [5, 5.41) is 2.21. The Labute approximate surface area is 273 Å². The lowest BCUT2D eigenvalue weighted by molar-refractivity contribution is -0.151. The number of amides is 1. The number of hydrogen-bond acceptors (Lipinski definition) is 8. The van der Waals surface area contributed by atoms with Crippen LogP contribution in [0.3, 0.4) is 0 Å². The highest BCUT2D eigenvalue weighted by atomic mass is 127. The topological polar surface area (TPSA) is 84.9 Å². The molecule has 0 unspecified atom stereocenters. The molecule has 12 heteroatoms. The van der Waals surface area contributed by atoms with Crippen molar-refractivity contribution in [3.63, 3.8) is 0 Å². The third-order valence-electron chi connectivity index (χ3n) is 5.71. The van der Waals surface area contributed by atoms with Gasteiger partial charge in [-0.2, -0.15) is 0 Å². The molecule has 0 saturated heterocycles. The molecule has 0 aliphatic heterocycles. The number of alkyl halides is 3. The summed E-state index contributed by atoms with van der Waals surface area (Å²) >= 11 is 2.74. The largest absolute Gasteiger partial charge is 0.493 e. The Bertz CT molecular complexity index is 1340. The fourth-order valence-electron chi connectivity index (χ4n) is 3.70. The zero-order valence-corrected chi connectivity index (χ0v) is 30.2. The summed E-state index contributed by atoms with van der Waals surface area (Å²) in [5.74, 6) is -1.02. The monoisotopic (exact) mass is 902 g/mol. The van der Waals surface area contributed by atoms with Crippen molar-refractivity contribution < 1.29 is 19.1 Å². The molecular weight excluding hydrogens is 869 g/mol. The van der Waals surface area contributed by atoms with Crippen molar-refractivity contribution in [1.29, 1.82) is 0 Å². The van der Waals surface area contributed by atoms with E-state index in [1.54, 1.807) is 12.3 Å². The van der Waals surface area contributed by atoms with Crippen LogP contribution in [0.4, 0.5) is 10.8 Å². The number of pyridine rings is 1. The number of carbonyl (C=O) groups excluding carboxylic acids is 2. The summed E-state index contributed by atoms with van der Waals surface area (Å²) in [6, 6.07) is 9.51. The van der Waals surface area contributed by atoms with Gasteiger partial charge in [0.25, 0.3) is 0 Å². The Morgan fingerprint density at radius 1 is 1.15 bits per heavy atom. The lowest BCUT2D eigenvalue weighted by Crippen LogP contribution is -2.33. The van der Waals surface area contributed by atoms with Crippen molar-refractivity contribution >= 4 is 107 Å². The molecule has 1 amide bonds. The highest BCUT2D eigenvalue weighted by Crippen LogP contribution is 2.55. The first kappa shape index (κ1) is 33.1. The van der Waals surface area contributed by atoms with Gasteiger partial charge < -0.3 is 14.4 Å². The molecule has 2 heterocycles. The van der Waals surface area contributed by atoms with Crippen LogP contribution in [0.25, 0.3) is 11.3 Å². The molecule has 0 saturated carbocycles. The molecule has 0 atom stereocenters. The number of carbonyl (C=O) groups is 2. The summed E-state index contributed by atoms with van der Waals surface area (Å²) in [5.41, 5.74) is 3.91. The second-order valence-electron chi connectivity index (χ2n) is 8.92. The Morgan fingerprint density at radius 2 is 1.90 bits per heavy atom. The van der Waals surface area contributed by atoms with Crippen molar-refractivity contribution in [2.45, 2.75) is 32.2 Å². The van der Waals surface area contributed by atoms with E-state index in [1.165, 1.54) is 23.3 Å². The predicted octanol–water partition coefficient (Wildman–Crippen LogP) is 7.02. The van der Waals surface area contributed by atoms with E-state index in [1.807, 2.05) is 48.6 Å². The van der Waals surface area contributed by atoms with E-state index in [9.17, 15) is 9.59 Å². The number of unbranched alkanes of at least 4 members (excludes halogenated alkanes) is 2. The molecule has 3 aromatic rings. The van der Waals surface area contributed by atoms with E-state index >= 15 is 0 Å². The summed E-state index contributed by atoms with van der Waals surface area (Å²) in [6.07, 6.45) is 4.93. The molecule has 2 aromatic heterocycles. The zero-order valence-electron chi connectivity index (χ0n) is 23.0. The summed E-state index contributed by atoms with van der Waals surface area (Å²) < 4.78 is 19.4. The van der Waals surface area contributed by atoms with Crippen molar-refractivity contribution in [1.82, 2.24) is 14.9 Å². The highest BCUT2D eigenvalue weighted by Gasteiger charge is 2.32. The van der Waals surface area contributed by atoms with Gasteiger partial charge in [-0.15, -0.1) is 11.3 Å². The SMILES string of the molecule is C=IC(I)(I=C)c1cc(N(C(=O)C(=O)OC)c2nc(-c3ccc(CN(C)C)nc3)cs2)ccc1OCCCCC. The molecule has 0 aliphatic carbocycles. The summed E-state index contributed by atoms with van der Waals surface area (Å²) in [6.45, 7) is 3.50. The quantitative estimate of drug-likeness (QED) is 0.0600. The predicted molar refractivity (Wildman–Crippen MR) is 191 cm³/mol. The Balaban J connectivity index is 2.06. The third-order valence-corrected chi connectivity index (χ3v) is 17.9. The fraction of sp³-hybridized carbons (Fsp3) is 0.357. The summed E-state index contributed by atoms with van der Waals surface area (Å²) in [4.78, 5) is 38.5. The number of ether oxygens (including phenoxy) is 2. The first-order valence-electron chi connectivity index (χ1n) is 12.4. The van der Waals surface area contributed by atoms with Crippen LogP contribution < -0.4 is 9.64 Å².